The van der Waals surface area contributed by atoms with Crippen LogP contribution in [0.4, 0.5) is 0 Å². The van der Waals surface area contributed by atoms with Crippen molar-refractivity contribution in [2.45, 2.75) is 19.4 Å². The highest BCUT2D eigenvalue weighted by atomic mass is 32.2. The van der Waals surface area contributed by atoms with Crippen LogP contribution in [-0.2, 0) is 16.0 Å². The standard InChI is InChI=1S/C29H23NO4S2/c1-19-7-14-23(15-8-19)25(31)16-13-20-9-11-22(12-10-20)18-26-27(32)30(29(35)36-26)24(28(33)34)17-21-5-3-2-4-6-21/h2-16,18,24H,17H2,1H3,(H,33,34)/b16-13+,26-18-/t24-/m0/s1. The molecule has 1 heterocycles. The summed E-state index contributed by atoms with van der Waals surface area (Å²) in [6.45, 7) is 1.97. The third-order valence-electron chi connectivity index (χ3n) is 5.69. The molecule has 1 amide bonds. The number of allylic oxidation sites excluding steroid dienone is 1. The normalized spacial score (nSPS) is 15.6. The van der Waals surface area contributed by atoms with E-state index in [-0.39, 0.29) is 16.5 Å². The highest BCUT2D eigenvalue weighted by molar-refractivity contribution is 8.26. The minimum absolute atomic E-state index is 0.0776. The van der Waals surface area contributed by atoms with E-state index in [0.717, 1.165) is 34.0 Å². The molecular weight excluding hydrogens is 490 g/mol. The van der Waals surface area contributed by atoms with E-state index in [1.54, 1.807) is 24.3 Å². The summed E-state index contributed by atoms with van der Waals surface area (Å²) in [5.41, 5.74) is 4.15. The number of carboxylic acid groups (broad SMARTS) is 1. The average molecular weight is 514 g/mol. The van der Waals surface area contributed by atoms with Crippen molar-refractivity contribution in [2.24, 2.45) is 0 Å². The first kappa shape index (κ1) is 25.3. The number of hydrogen-bond acceptors (Lipinski definition) is 5. The zero-order valence-corrected chi connectivity index (χ0v) is 21.1. The molecule has 4 rings (SSSR count). The third kappa shape index (κ3) is 6.05. The van der Waals surface area contributed by atoms with Crippen LogP contribution in [0.15, 0.2) is 89.8 Å². The van der Waals surface area contributed by atoms with Crippen molar-refractivity contribution in [2.75, 3.05) is 0 Å². The van der Waals surface area contributed by atoms with E-state index >= 15 is 0 Å². The Morgan fingerprint density at radius 2 is 1.61 bits per heavy atom. The second kappa shape index (κ2) is 11.3. The number of benzene rings is 3. The van der Waals surface area contributed by atoms with Crippen LogP contribution in [0.2, 0.25) is 0 Å². The maximum absolute atomic E-state index is 13.1. The van der Waals surface area contributed by atoms with Gasteiger partial charge >= 0.3 is 5.97 Å². The van der Waals surface area contributed by atoms with Gasteiger partial charge in [0.15, 0.2) is 5.78 Å². The van der Waals surface area contributed by atoms with E-state index in [0.29, 0.717) is 10.5 Å². The Morgan fingerprint density at radius 3 is 2.25 bits per heavy atom. The van der Waals surface area contributed by atoms with Crippen molar-refractivity contribution in [3.05, 3.63) is 118 Å². The first-order chi connectivity index (χ1) is 17.3. The number of thioether (sulfide) groups is 1. The number of aryl methyl sites for hydroxylation is 1. The fourth-order valence-corrected chi connectivity index (χ4v) is 5.07. The lowest BCUT2D eigenvalue weighted by atomic mass is 10.0. The molecule has 3 aromatic carbocycles. The van der Waals surface area contributed by atoms with Crippen LogP contribution >= 0.6 is 24.0 Å². The van der Waals surface area contributed by atoms with Crippen LogP contribution in [0.25, 0.3) is 12.2 Å². The van der Waals surface area contributed by atoms with Gasteiger partial charge in [0.25, 0.3) is 5.91 Å². The molecule has 5 nitrogen and oxygen atoms in total. The number of rotatable bonds is 8. The van der Waals surface area contributed by atoms with Gasteiger partial charge in [-0.3, -0.25) is 14.5 Å². The first-order valence-electron chi connectivity index (χ1n) is 11.2. The Hall–Kier alpha value is -3.81. The van der Waals surface area contributed by atoms with Crippen molar-refractivity contribution in [3.8, 4) is 0 Å². The summed E-state index contributed by atoms with van der Waals surface area (Å²) in [4.78, 5) is 39.0. The summed E-state index contributed by atoms with van der Waals surface area (Å²) < 4.78 is 0.226. The lowest BCUT2D eigenvalue weighted by molar-refractivity contribution is -0.145. The second-order valence-corrected chi connectivity index (χ2v) is 10.0. The maximum Gasteiger partial charge on any atom is 0.327 e. The molecule has 1 aliphatic rings. The number of hydrogen-bond donors (Lipinski definition) is 1. The van der Waals surface area contributed by atoms with E-state index in [2.05, 4.69) is 0 Å². The molecule has 0 aliphatic carbocycles. The lowest BCUT2D eigenvalue weighted by Crippen LogP contribution is -2.45. The second-order valence-electron chi connectivity index (χ2n) is 8.33. The number of carbonyl (C=O) groups excluding carboxylic acids is 2. The van der Waals surface area contributed by atoms with Crippen LogP contribution < -0.4 is 0 Å². The van der Waals surface area contributed by atoms with Crippen molar-refractivity contribution in [3.63, 3.8) is 0 Å². The number of ketones is 1. The largest absolute Gasteiger partial charge is 0.480 e. The number of amides is 1. The fourth-order valence-electron chi connectivity index (χ4n) is 3.72. The molecule has 0 aromatic heterocycles. The van der Waals surface area contributed by atoms with Crippen molar-refractivity contribution in [1.82, 2.24) is 4.90 Å². The lowest BCUT2D eigenvalue weighted by Gasteiger charge is -2.23. The van der Waals surface area contributed by atoms with Crippen LogP contribution in [0.3, 0.4) is 0 Å². The Kier molecular flexibility index (Phi) is 7.93. The van der Waals surface area contributed by atoms with Gasteiger partial charge in [-0.25, -0.2) is 4.79 Å². The Bertz CT molecular complexity index is 1360. The van der Waals surface area contributed by atoms with Crippen LogP contribution in [0, 0.1) is 6.92 Å². The van der Waals surface area contributed by atoms with E-state index < -0.39 is 17.9 Å². The predicted molar refractivity (Wildman–Crippen MR) is 148 cm³/mol. The Morgan fingerprint density at radius 1 is 0.972 bits per heavy atom. The zero-order valence-electron chi connectivity index (χ0n) is 19.5. The molecule has 3 aromatic rings. The molecule has 36 heavy (non-hydrogen) atoms. The van der Waals surface area contributed by atoms with E-state index in [1.807, 2.05) is 73.7 Å². The zero-order chi connectivity index (χ0) is 25.7. The monoisotopic (exact) mass is 513 g/mol. The Labute approximate surface area is 219 Å². The Balaban J connectivity index is 1.46. The predicted octanol–water partition coefficient (Wildman–Crippen LogP) is 5.79. The van der Waals surface area contributed by atoms with Gasteiger partial charge in [0.05, 0.1) is 4.91 Å². The molecule has 1 saturated heterocycles. The number of nitrogens with zero attached hydrogens (tertiary/aromatic N) is 1. The van der Waals surface area contributed by atoms with Crippen LogP contribution in [-0.4, -0.2) is 38.0 Å². The molecule has 0 radical (unpaired) electrons. The van der Waals surface area contributed by atoms with Crippen LogP contribution in [0.1, 0.15) is 32.6 Å². The minimum Gasteiger partial charge on any atom is -0.480 e. The summed E-state index contributed by atoms with van der Waals surface area (Å²) in [7, 11) is 0. The maximum atomic E-state index is 13.1. The van der Waals surface area contributed by atoms with Gasteiger partial charge in [-0.05, 0) is 35.8 Å². The molecule has 0 bridgehead atoms. The molecule has 1 fully saturated rings. The topological polar surface area (TPSA) is 74.7 Å². The van der Waals surface area contributed by atoms with Gasteiger partial charge < -0.3 is 5.11 Å². The fraction of sp³-hybridized carbons (Fsp3) is 0.103. The molecule has 0 spiro atoms. The van der Waals surface area contributed by atoms with Crippen LogP contribution in [0.5, 0.6) is 0 Å². The van der Waals surface area contributed by atoms with Crippen molar-refractivity contribution >= 4 is 58.1 Å². The summed E-state index contributed by atoms with van der Waals surface area (Å²) in [5.74, 6) is -1.60. The summed E-state index contributed by atoms with van der Waals surface area (Å²) in [5, 5.41) is 9.80. The smallest absolute Gasteiger partial charge is 0.327 e. The molecule has 1 N–H and O–H groups in total. The third-order valence-corrected chi connectivity index (χ3v) is 7.02. The highest BCUT2D eigenvalue weighted by Crippen LogP contribution is 2.34. The summed E-state index contributed by atoms with van der Waals surface area (Å²) >= 11 is 6.47. The van der Waals surface area contributed by atoms with Gasteiger partial charge in [0.1, 0.15) is 10.4 Å². The number of carboxylic acids is 1. The van der Waals surface area contributed by atoms with Gasteiger partial charge in [0.2, 0.25) is 0 Å². The van der Waals surface area contributed by atoms with Crippen molar-refractivity contribution < 1.29 is 19.5 Å². The molecule has 1 atom stereocenters. The summed E-state index contributed by atoms with van der Waals surface area (Å²) in [6.07, 6.45) is 5.14. The highest BCUT2D eigenvalue weighted by Gasteiger charge is 2.40. The molecule has 7 heteroatoms. The molecule has 180 valence electrons. The van der Waals surface area contributed by atoms with E-state index in [1.165, 1.54) is 11.0 Å². The molecule has 0 saturated carbocycles. The number of aliphatic carboxylic acids is 1. The van der Waals surface area contributed by atoms with E-state index in [9.17, 15) is 19.5 Å². The molecular formula is C29H23NO4S2. The first-order valence-corrected chi connectivity index (χ1v) is 12.5. The van der Waals surface area contributed by atoms with Crippen molar-refractivity contribution in [1.29, 1.82) is 0 Å². The van der Waals surface area contributed by atoms with Gasteiger partial charge in [-0.15, -0.1) is 0 Å². The quantitative estimate of drug-likeness (QED) is 0.234. The molecule has 1 aliphatic heterocycles. The van der Waals surface area contributed by atoms with Gasteiger partial charge in [0, 0.05) is 12.0 Å². The molecule has 0 unspecified atom stereocenters. The SMILES string of the molecule is Cc1ccc(C(=O)/C=C/c2ccc(/C=C3\SC(=S)N([C@@H](Cc4ccccc4)C(=O)O)C3=O)cc2)cc1. The van der Waals surface area contributed by atoms with E-state index in [4.69, 9.17) is 12.2 Å². The minimum atomic E-state index is -1.10. The van der Waals surface area contributed by atoms with Gasteiger partial charge in [-0.1, -0.05) is 114 Å². The summed E-state index contributed by atoms with van der Waals surface area (Å²) in [6, 6.07) is 22.9. The van der Waals surface area contributed by atoms with Gasteiger partial charge in [-0.2, -0.15) is 0 Å². The number of thiocarbonyl (C=S) groups is 1. The number of carbonyl (C=O) groups is 3. The average Bonchev–Trinajstić information content (AvgIpc) is 3.15.